The van der Waals surface area contributed by atoms with Crippen LogP contribution in [-0.4, -0.2) is 42.1 Å². The molecule has 0 bridgehead atoms. The minimum Gasteiger partial charge on any atom is -0.382 e. The summed E-state index contributed by atoms with van der Waals surface area (Å²) < 4.78 is 26.7. The van der Waals surface area contributed by atoms with Gasteiger partial charge in [-0.3, -0.25) is 4.98 Å². The highest BCUT2D eigenvalue weighted by atomic mass is 32.2. The number of aromatic nitrogens is 1. The lowest BCUT2D eigenvalue weighted by molar-refractivity contribution is 0.329. The quantitative estimate of drug-likeness (QED) is 0.609. The Morgan fingerprint density at radius 2 is 1.78 bits per heavy atom. The van der Waals surface area contributed by atoms with Crippen molar-refractivity contribution in [3.8, 4) is 17.2 Å². The number of rotatable bonds is 6. The highest BCUT2D eigenvalue weighted by Crippen LogP contribution is 2.34. The van der Waals surface area contributed by atoms with E-state index >= 15 is 0 Å². The Balaban J connectivity index is 1.38. The Bertz CT molecular complexity index is 1270. The monoisotopic (exact) mass is 446 g/mol. The third kappa shape index (κ3) is 4.21. The molecule has 2 fully saturated rings. The first kappa shape index (κ1) is 20.9. The summed E-state index contributed by atoms with van der Waals surface area (Å²) in [4.78, 5) is 4.31. The third-order valence-corrected chi connectivity index (χ3v) is 8.84. The summed E-state index contributed by atoms with van der Waals surface area (Å²) in [6, 6.07) is 16.8. The molecule has 1 saturated heterocycles. The van der Waals surface area contributed by atoms with Crippen LogP contribution in [0.4, 0.5) is 5.69 Å². The molecular formula is C25H26N4O2S. The van der Waals surface area contributed by atoms with Gasteiger partial charge in [-0.2, -0.15) is 5.26 Å². The number of pyridine rings is 1. The van der Waals surface area contributed by atoms with E-state index in [4.69, 9.17) is 5.26 Å². The number of benzene rings is 2. The predicted molar refractivity (Wildman–Crippen MR) is 127 cm³/mol. The molecule has 2 heterocycles. The molecule has 6 nitrogen and oxygen atoms in total. The van der Waals surface area contributed by atoms with Crippen LogP contribution in [0.1, 0.15) is 31.2 Å². The number of sulfonamides is 1. The van der Waals surface area contributed by atoms with Crippen LogP contribution >= 0.6 is 0 Å². The molecule has 2 aliphatic rings. The van der Waals surface area contributed by atoms with Crippen molar-refractivity contribution in [2.24, 2.45) is 0 Å². The second-order valence-electron chi connectivity index (χ2n) is 8.71. The largest absolute Gasteiger partial charge is 0.382 e. The van der Waals surface area contributed by atoms with Crippen LogP contribution in [0.5, 0.6) is 0 Å². The number of nitriles is 1. The highest BCUT2D eigenvalue weighted by molar-refractivity contribution is 7.90. The number of nitrogens with zero attached hydrogens (tertiary/aromatic N) is 3. The summed E-state index contributed by atoms with van der Waals surface area (Å²) in [6.45, 7) is 1.15. The first-order chi connectivity index (χ1) is 15.5. The number of piperidine rings is 1. The van der Waals surface area contributed by atoms with Crippen LogP contribution in [0.15, 0.2) is 54.9 Å². The van der Waals surface area contributed by atoms with Crippen molar-refractivity contribution in [1.29, 1.82) is 5.26 Å². The van der Waals surface area contributed by atoms with E-state index in [0.29, 0.717) is 19.5 Å². The molecule has 0 radical (unpaired) electrons. The zero-order valence-electron chi connectivity index (χ0n) is 17.9. The van der Waals surface area contributed by atoms with Gasteiger partial charge in [-0.05, 0) is 66.0 Å². The Kier molecular flexibility index (Phi) is 5.58. The van der Waals surface area contributed by atoms with Gasteiger partial charge in [0, 0.05) is 42.6 Å². The second-order valence-corrected chi connectivity index (χ2v) is 10.9. The molecule has 7 heteroatoms. The van der Waals surface area contributed by atoms with E-state index in [9.17, 15) is 8.42 Å². The van der Waals surface area contributed by atoms with E-state index in [1.54, 1.807) is 10.5 Å². The minimum atomic E-state index is -3.09. The fourth-order valence-electron chi connectivity index (χ4n) is 4.44. The predicted octanol–water partition coefficient (Wildman–Crippen LogP) is 4.34. The Labute approximate surface area is 188 Å². The van der Waals surface area contributed by atoms with Gasteiger partial charge >= 0.3 is 0 Å². The van der Waals surface area contributed by atoms with Crippen molar-refractivity contribution in [1.82, 2.24) is 9.29 Å². The zero-order valence-corrected chi connectivity index (χ0v) is 18.7. The van der Waals surface area contributed by atoms with Crippen molar-refractivity contribution < 1.29 is 8.42 Å². The SMILES string of the molecule is N#CCc1ccc(-c2cc(NC3CCN(S(=O)(=O)C4CC4)CC3)c3cnccc3c2)cc1. The van der Waals surface area contributed by atoms with E-state index in [1.165, 1.54) is 0 Å². The van der Waals surface area contributed by atoms with Crippen molar-refractivity contribution in [2.75, 3.05) is 18.4 Å². The number of anilines is 1. The number of fused-ring (bicyclic) bond motifs is 1. The van der Waals surface area contributed by atoms with Gasteiger partial charge in [0.15, 0.2) is 0 Å². The molecule has 0 amide bonds. The number of hydrogen-bond acceptors (Lipinski definition) is 5. The maximum Gasteiger partial charge on any atom is 0.216 e. The van der Waals surface area contributed by atoms with Gasteiger partial charge in [0.25, 0.3) is 0 Å². The Morgan fingerprint density at radius 3 is 2.47 bits per heavy atom. The van der Waals surface area contributed by atoms with Gasteiger partial charge in [-0.15, -0.1) is 0 Å². The summed E-state index contributed by atoms with van der Waals surface area (Å²) in [5.74, 6) is 0. The lowest BCUT2D eigenvalue weighted by atomic mass is 9.98. The molecule has 1 aliphatic carbocycles. The zero-order chi connectivity index (χ0) is 22.1. The molecule has 1 aliphatic heterocycles. The maximum atomic E-state index is 12.5. The van der Waals surface area contributed by atoms with Gasteiger partial charge in [0.2, 0.25) is 10.0 Å². The molecule has 1 N–H and O–H groups in total. The lowest BCUT2D eigenvalue weighted by Gasteiger charge is -2.32. The van der Waals surface area contributed by atoms with Crippen LogP contribution in [0.2, 0.25) is 0 Å². The average molecular weight is 447 g/mol. The molecule has 1 saturated carbocycles. The molecular weight excluding hydrogens is 420 g/mol. The molecule has 0 spiro atoms. The van der Waals surface area contributed by atoms with Crippen molar-refractivity contribution in [3.63, 3.8) is 0 Å². The van der Waals surface area contributed by atoms with E-state index in [0.717, 1.165) is 58.8 Å². The fraction of sp³-hybridized carbons (Fsp3) is 0.360. The molecule has 1 aromatic heterocycles. The van der Waals surface area contributed by atoms with Gasteiger partial charge in [0.05, 0.1) is 17.7 Å². The summed E-state index contributed by atoms with van der Waals surface area (Å²) in [7, 11) is -3.09. The Hall–Kier alpha value is -2.95. The average Bonchev–Trinajstić information content (AvgIpc) is 3.66. The maximum absolute atomic E-state index is 12.5. The van der Waals surface area contributed by atoms with E-state index in [1.807, 2.05) is 24.4 Å². The van der Waals surface area contributed by atoms with Crippen LogP contribution in [0, 0.1) is 11.3 Å². The van der Waals surface area contributed by atoms with E-state index in [-0.39, 0.29) is 11.3 Å². The van der Waals surface area contributed by atoms with Gasteiger partial charge in [-0.1, -0.05) is 24.3 Å². The van der Waals surface area contributed by atoms with Crippen molar-refractivity contribution >= 4 is 26.5 Å². The van der Waals surface area contributed by atoms with Crippen LogP contribution in [0.25, 0.3) is 21.9 Å². The Morgan fingerprint density at radius 1 is 1.03 bits per heavy atom. The molecule has 32 heavy (non-hydrogen) atoms. The molecule has 5 rings (SSSR count). The molecule has 0 atom stereocenters. The summed E-state index contributed by atoms with van der Waals surface area (Å²) >= 11 is 0. The normalized spacial score (nSPS) is 17.8. The summed E-state index contributed by atoms with van der Waals surface area (Å²) in [6.07, 6.45) is 7.29. The van der Waals surface area contributed by atoms with Gasteiger partial charge in [-0.25, -0.2) is 12.7 Å². The van der Waals surface area contributed by atoms with Crippen molar-refractivity contribution in [3.05, 3.63) is 60.4 Å². The van der Waals surface area contributed by atoms with Gasteiger partial charge < -0.3 is 5.32 Å². The van der Waals surface area contributed by atoms with Crippen LogP contribution in [0.3, 0.4) is 0 Å². The fourth-order valence-corrected chi connectivity index (χ4v) is 6.32. The molecule has 2 aromatic carbocycles. The number of hydrogen-bond donors (Lipinski definition) is 1. The standard InChI is InChI=1S/C25H26N4O2S/c26-11-7-18-1-3-19(4-2-18)21-15-20-8-12-27-17-24(20)25(16-21)28-22-9-13-29(14-10-22)32(30,31)23-5-6-23/h1-4,8,12,15-17,22-23,28H,5-7,9-10,13-14H2. The van der Waals surface area contributed by atoms with Crippen molar-refractivity contribution in [2.45, 2.75) is 43.4 Å². The first-order valence-corrected chi connectivity index (χ1v) is 12.6. The second kappa shape index (κ2) is 8.53. The molecule has 3 aromatic rings. The smallest absolute Gasteiger partial charge is 0.216 e. The van der Waals surface area contributed by atoms with Gasteiger partial charge in [0.1, 0.15) is 0 Å². The minimum absolute atomic E-state index is 0.141. The highest BCUT2D eigenvalue weighted by Gasteiger charge is 2.41. The third-order valence-electron chi connectivity index (χ3n) is 6.45. The van der Waals surface area contributed by atoms with Crippen LogP contribution < -0.4 is 5.32 Å². The molecule has 0 unspecified atom stereocenters. The molecule has 164 valence electrons. The van der Waals surface area contributed by atoms with E-state index in [2.05, 4.69) is 40.6 Å². The topological polar surface area (TPSA) is 86.1 Å². The lowest BCUT2D eigenvalue weighted by Crippen LogP contribution is -2.43. The summed E-state index contributed by atoms with van der Waals surface area (Å²) in [5, 5.41) is 14.6. The number of nitrogens with one attached hydrogen (secondary N) is 1. The van der Waals surface area contributed by atoms with Crippen LogP contribution in [-0.2, 0) is 16.4 Å². The van der Waals surface area contributed by atoms with E-state index < -0.39 is 10.0 Å². The first-order valence-electron chi connectivity index (χ1n) is 11.1. The summed E-state index contributed by atoms with van der Waals surface area (Å²) in [5.41, 5.74) is 4.23.